The molecule has 0 atom stereocenters. The second kappa shape index (κ2) is 5.50. The largest absolute Gasteiger partial charge is 0.487 e. The van der Waals surface area contributed by atoms with Crippen molar-refractivity contribution in [3.05, 3.63) is 42.2 Å². The first-order chi connectivity index (χ1) is 8.65. The molecule has 0 bridgehead atoms. The summed E-state index contributed by atoms with van der Waals surface area (Å²) in [6, 6.07) is 9.35. The molecule has 0 aliphatic heterocycles. The van der Waals surface area contributed by atoms with Gasteiger partial charge in [0.05, 0.1) is 5.69 Å². The van der Waals surface area contributed by atoms with Gasteiger partial charge >= 0.3 is 0 Å². The van der Waals surface area contributed by atoms with Crippen LogP contribution in [-0.4, -0.2) is 14.9 Å². The third-order valence-electron chi connectivity index (χ3n) is 2.43. The highest BCUT2D eigenvalue weighted by Gasteiger charge is 2.00. The fraction of sp³-hybridized carbons (Fsp3) is 0.167. The summed E-state index contributed by atoms with van der Waals surface area (Å²) in [5.41, 5.74) is 7.24. The van der Waals surface area contributed by atoms with Crippen LogP contribution in [0.15, 0.2) is 36.5 Å². The normalized spacial score (nSPS) is 10.1. The fourth-order valence-electron chi connectivity index (χ4n) is 1.48. The molecule has 2 aromatic rings. The molecule has 18 heavy (non-hydrogen) atoms. The minimum atomic E-state index is 0.249. The number of nitrogens with one attached hydrogen (secondary N) is 1. The van der Waals surface area contributed by atoms with Crippen molar-refractivity contribution in [3.63, 3.8) is 0 Å². The topological polar surface area (TPSA) is 65.1 Å². The van der Waals surface area contributed by atoms with E-state index in [4.69, 9.17) is 22.7 Å². The molecule has 0 radical (unpaired) electrons. The molecule has 1 aromatic heterocycles. The number of benzene rings is 1. The monoisotopic (exact) mass is 262 g/mol. The van der Waals surface area contributed by atoms with Gasteiger partial charge in [-0.3, -0.25) is 4.68 Å². The average molecular weight is 262 g/mol. The minimum Gasteiger partial charge on any atom is -0.487 e. The summed E-state index contributed by atoms with van der Waals surface area (Å²) in [7, 11) is 1.88. The summed E-state index contributed by atoms with van der Waals surface area (Å²) < 4.78 is 7.42. The van der Waals surface area contributed by atoms with Crippen LogP contribution in [-0.2, 0) is 13.7 Å². The van der Waals surface area contributed by atoms with Crippen LogP contribution in [0.4, 0.5) is 5.69 Å². The van der Waals surface area contributed by atoms with Gasteiger partial charge < -0.3 is 15.8 Å². The zero-order valence-electron chi connectivity index (χ0n) is 9.96. The standard InChI is InChI=1S/C12H14N4OS/c1-16-10(6-7-14-16)8-17-11-4-2-9(3-5-11)15-12(13)18/h2-7H,8H2,1H3,(H3,13,15,18). The zero-order valence-corrected chi connectivity index (χ0v) is 10.8. The lowest BCUT2D eigenvalue weighted by Gasteiger charge is -2.08. The van der Waals surface area contributed by atoms with Gasteiger partial charge in [0, 0.05) is 18.9 Å². The number of ether oxygens (including phenoxy) is 1. The van der Waals surface area contributed by atoms with E-state index in [0.29, 0.717) is 6.61 Å². The first-order valence-corrected chi connectivity index (χ1v) is 5.82. The lowest BCUT2D eigenvalue weighted by molar-refractivity contribution is 0.295. The van der Waals surface area contributed by atoms with Gasteiger partial charge in [-0.05, 0) is 42.5 Å². The molecule has 0 amide bonds. The molecular weight excluding hydrogens is 248 g/mol. The molecule has 0 saturated carbocycles. The Kier molecular flexibility index (Phi) is 3.78. The van der Waals surface area contributed by atoms with Gasteiger partial charge in [-0.25, -0.2) is 0 Å². The highest BCUT2D eigenvalue weighted by molar-refractivity contribution is 7.80. The molecule has 94 valence electrons. The van der Waals surface area contributed by atoms with Crippen molar-refractivity contribution < 1.29 is 4.74 Å². The highest BCUT2D eigenvalue weighted by Crippen LogP contribution is 2.16. The summed E-state index contributed by atoms with van der Waals surface area (Å²) in [6.07, 6.45) is 1.74. The number of nitrogens with two attached hydrogens (primary N) is 1. The predicted molar refractivity (Wildman–Crippen MR) is 74.4 cm³/mol. The molecular formula is C12H14N4OS. The summed E-state index contributed by atoms with van der Waals surface area (Å²) in [6.45, 7) is 0.485. The van der Waals surface area contributed by atoms with Crippen molar-refractivity contribution in [2.45, 2.75) is 6.61 Å². The Morgan fingerprint density at radius 1 is 1.39 bits per heavy atom. The fourth-order valence-corrected chi connectivity index (χ4v) is 1.59. The maximum absolute atomic E-state index is 5.64. The van der Waals surface area contributed by atoms with Crippen molar-refractivity contribution in [1.82, 2.24) is 9.78 Å². The Hall–Kier alpha value is -2.08. The van der Waals surface area contributed by atoms with Crippen LogP contribution < -0.4 is 15.8 Å². The van der Waals surface area contributed by atoms with Crippen LogP contribution in [0, 0.1) is 0 Å². The van der Waals surface area contributed by atoms with Crippen LogP contribution in [0.5, 0.6) is 5.75 Å². The van der Waals surface area contributed by atoms with Crippen molar-refractivity contribution in [2.24, 2.45) is 12.8 Å². The molecule has 6 heteroatoms. The molecule has 2 rings (SSSR count). The van der Waals surface area contributed by atoms with E-state index >= 15 is 0 Å². The Balaban J connectivity index is 1.94. The number of aryl methyl sites for hydroxylation is 1. The summed E-state index contributed by atoms with van der Waals surface area (Å²) >= 11 is 4.76. The highest BCUT2D eigenvalue weighted by atomic mass is 32.1. The van der Waals surface area contributed by atoms with Gasteiger partial charge in [-0.1, -0.05) is 0 Å². The number of rotatable bonds is 4. The first kappa shape index (κ1) is 12.4. The molecule has 0 fully saturated rings. The number of thiocarbonyl (C=S) groups is 1. The van der Waals surface area contributed by atoms with Gasteiger partial charge in [-0.15, -0.1) is 0 Å². The maximum Gasteiger partial charge on any atom is 0.168 e. The van der Waals surface area contributed by atoms with E-state index in [0.717, 1.165) is 17.1 Å². The quantitative estimate of drug-likeness (QED) is 0.820. The lowest BCUT2D eigenvalue weighted by Crippen LogP contribution is -2.18. The Bertz CT molecular complexity index is 535. The Morgan fingerprint density at radius 3 is 2.67 bits per heavy atom. The number of anilines is 1. The van der Waals surface area contributed by atoms with E-state index in [1.807, 2.05) is 37.4 Å². The molecule has 5 nitrogen and oxygen atoms in total. The van der Waals surface area contributed by atoms with Gasteiger partial charge in [-0.2, -0.15) is 5.10 Å². The first-order valence-electron chi connectivity index (χ1n) is 5.41. The van der Waals surface area contributed by atoms with E-state index in [-0.39, 0.29) is 5.11 Å². The number of nitrogens with zero attached hydrogens (tertiary/aromatic N) is 2. The van der Waals surface area contributed by atoms with Crippen molar-refractivity contribution in [2.75, 3.05) is 5.32 Å². The van der Waals surface area contributed by atoms with Gasteiger partial charge in [0.2, 0.25) is 0 Å². The SMILES string of the molecule is Cn1nccc1COc1ccc(NC(N)=S)cc1. The maximum atomic E-state index is 5.64. The lowest BCUT2D eigenvalue weighted by atomic mass is 10.3. The molecule has 1 aromatic carbocycles. The summed E-state index contributed by atoms with van der Waals surface area (Å²) in [5, 5.41) is 7.17. The van der Waals surface area contributed by atoms with E-state index < -0.39 is 0 Å². The second-order valence-corrected chi connectivity index (χ2v) is 4.19. The molecule has 0 unspecified atom stereocenters. The van der Waals surface area contributed by atoms with Crippen LogP contribution in [0.25, 0.3) is 0 Å². The number of hydrogen-bond donors (Lipinski definition) is 2. The zero-order chi connectivity index (χ0) is 13.0. The van der Waals surface area contributed by atoms with E-state index in [1.54, 1.807) is 10.9 Å². The van der Waals surface area contributed by atoms with Gasteiger partial charge in [0.1, 0.15) is 12.4 Å². The number of hydrogen-bond acceptors (Lipinski definition) is 3. The summed E-state index contributed by atoms with van der Waals surface area (Å²) in [4.78, 5) is 0. The van der Waals surface area contributed by atoms with E-state index in [1.165, 1.54) is 0 Å². The second-order valence-electron chi connectivity index (χ2n) is 3.75. The third-order valence-corrected chi connectivity index (χ3v) is 2.53. The van der Waals surface area contributed by atoms with Crippen molar-refractivity contribution in [3.8, 4) is 5.75 Å². The summed E-state index contributed by atoms with van der Waals surface area (Å²) in [5.74, 6) is 0.782. The Labute approximate surface area is 111 Å². The third kappa shape index (κ3) is 3.21. The number of aromatic nitrogens is 2. The Morgan fingerprint density at radius 2 is 2.11 bits per heavy atom. The molecule has 3 N–H and O–H groups in total. The molecule has 0 saturated heterocycles. The van der Waals surface area contributed by atoms with Gasteiger partial charge in [0.25, 0.3) is 0 Å². The van der Waals surface area contributed by atoms with Crippen molar-refractivity contribution in [1.29, 1.82) is 0 Å². The van der Waals surface area contributed by atoms with E-state index in [9.17, 15) is 0 Å². The minimum absolute atomic E-state index is 0.249. The van der Waals surface area contributed by atoms with E-state index in [2.05, 4.69) is 10.4 Å². The molecule has 0 aliphatic rings. The van der Waals surface area contributed by atoms with Crippen molar-refractivity contribution >= 4 is 23.0 Å². The smallest absolute Gasteiger partial charge is 0.168 e. The molecule has 0 aliphatic carbocycles. The van der Waals surface area contributed by atoms with Gasteiger partial charge in [0.15, 0.2) is 5.11 Å². The molecule has 0 spiro atoms. The van der Waals surface area contributed by atoms with Crippen LogP contribution in [0.2, 0.25) is 0 Å². The molecule has 1 heterocycles. The van der Waals surface area contributed by atoms with Crippen LogP contribution >= 0.6 is 12.2 Å². The van der Waals surface area contributed by atoms with Crippen LogP contribution in [0.1, 0.15) is 5.69 Å². The predicted octanol–water partition coefficient (Wildman–Crippen LogP) is 1.65. The van der Waals surface area contributed by atoms with Crippen LogP contribution in [0.3, 0.4) is 0 Å². The average Bonchev–Trinajstić information content (AvgIpc) is 2.73.